The number of hydrogen-bond acceptors (Lipinski definition) is 3. The van der Waals surface area contributed by atoms with Crippen LogP contribution in [-0.2, 0) is 0 Å². The van der Waals surface area contributed by atoms with Crippen LogP contribution in [0.2, 0.25) is 0 Å². The maximum Gasteiger partial charge on any atom is 0.270 e. The molecule has 2 rings (SSSR count). The number of piperidine rings is 1. The molecule has 0 atom stereocenters. The summed E-state index contributed by atoms with van der Waals surface area (Å²) in [7, 11) is 0. The van der Waals surface area contributed by atoms with Gasteiger partial charge in [0, 0.05) is 36.7 Å². The predicted octanol–water partition coefficient (Wildman–Crippen LogP) is 2.99. The number of nitrogens with zero attached hydrogens (tertiary/aromatic N) is 2. The van der Waals surface area contributed by atoms with E-state index in [0.29, 0.717) is 30.5 Å². The summed E-state index contributed by atoms with van der Waals surface area (Å²) in [4.78, 5) is 24.5. The Morgan fingerprint density at radius 1 is 1.40 bits per heavy atom. The molecule has 1 aliphatic heterocycles. The zero-order valence-corrected chi connectivity index (χ0v) is 12.1. The lowest BCUT2D eigenvalue weighted by atomic mass is 9.98. The summed E-state index contributed by atoms with van der Waals surface area (Å²) >= 11 is 5.82. The van der Waals surface area contributed by atoms with Gasteiger partial charge in [-0.15, -0.1) is 11.6 Å². The first kappa shape index (κ1) is 14.8. The van der Waals surface area contributed by atoms with E-state index >= 15 is 0 Å². The van der Waals surface area contributed by atoms with Gasteiger partial charge in [-0.3, -0.25) is 14.9 Å². The van der Waals surface area contributed by atoms with E-state index in [-0.39, 0.29) is 11.6 Å². The van der Waals surface area contributed by atoms with Crippen molar-refractivity contribution in [2.45, 2.75) is 19.8 Å². The van der Waals surface area contributed by atoms with Crippen molar-refractivity contribution in [2.75, 3.05) is 19.0 Å². The number of rotatable bonds is 3. The molecule has 0 spiro atoms. The van der Waals surface area contributed by atoms with E-state index in [1.807, 2.05) is 0 Å². The molecule has 1 aromatic rings. The van der Waals surface area contributed by atoms with Crippen LogP contribution in [0, 0.1) is 23.0 Å². The molecule has 108 valence electrons. The Bertz CT molecular complexity index is 525. The number of aryl methyl sites for hydroxylation is 1. The minimum Gasteiger partial charge on any atom is -0.339 e. The molecule has 1 aromatic carbocycles. The van der Waals surface area contributed by atoms with Crippen molar-refractivity contribution in [1.29, 1.82) is 0 Å². The Hall–Kier alpha value is -1.62. The molecule has 0 aromatic heterocycles. The van der Waals surface area contributed by atoms with Crippen LogP contribution < -0.4 is 0 Å². The number of benzene rings is 1. The van der Waals surface area contributed by atoms with Gasteiger partial charge < -0.3 is 4.90 Å². The Morgan fingerprint density at radius 2 is 2.05 bits per heavy atom. The minimum atomic E-state index is -0.469. The summed E-state index contributed by atoms with van der Waals surface area (Å²) in [6.45, 7) is 3.08. The number of halogens is 1. The summed E-state index contributed by atoms with van der Waals surface area (Å²) < 4.78 is 0. The lowest BCUT2D eigenvalue weighted by Gasteiger charge is -2.31. The highest BCUT2D eigenvalue weighted by Gasteiger charge is 2.24. The zero-order valence-electron chi connectivity index (χ0n) is 11.3. The summed E-state index contributed by atoms with van der Waals surface area (Å²) in [6, 6.07) is 4.52. The average molecular weight is 297 g/mol. The second-order valence-corrected chi connectivity index (χ2v) is 5.51. The first-order valence-corrected chi connectivity index (χ1v) is 7.16. The fourth-order valence-electron chi connectivity index (χ4n) is 2.46. The molecule has 0 unspecified atom stereocenters. The number of nitro benzene ring substituents is 1. The molecule has 0 bridgehead atoms. The molecule has 5 nitrogen and oxygen atoms in total. The Balaban J connectivity index is 2.15. The topological polar surface area (TPSA) is 63.5 Å². The summed E-state index contributed by atoms with van der Waals surface area (Å²) in [5.74, 6) is 0.954. The molecule has 1 saturated heterocycles. The van der Waals surface area contributed by atoms with Crippen LogP contribution in [0.5, 0.6) is 0 Å². The van der Waals surface area contributed by atoms with Gasteiger partial charge in [0.05, 0.1) is 4.92 Å². The predicted molar refractivity (Wildman–Crippen MR) is 77.2 cm³/mol. The lowest BCUT2D eigenvalue weighted by molar-refractivity contribution is -0.384. The van der Waals surface area contributed by atoms with Gasteiger partial charge in [0.25, 0.3) is 11.6 Å². The van der Waals surface area contributed by atoms with Crippen LogP contribution in [0.1, 0.15) is 28.8 Å². The Morgan fingerprint density at radius 3 is 2.60 bits per heavy atom. The molecule has 20 heavy (non-hydrogen) atoms. The van der Waals surface area contributed by atoms with Gasteiger partial charge in [0.1, 0.15) is 0 Å². The SMILES string of the molecule is Cc1cc(C(=O)N2CCC(CCl)CC2)cc([N+](=O)[O-])c1. The smallest absolute Gasteiger partial charge is 0.270 e. The van der Waals surface area contributed by atoms with E-state index in [1.54, 1.807) is 17.9 Å². The van der Waals surface area contributed by atoms with Crippen LogP contribution in [-0.4, -0.2) is 34.7 Å². The van der Waals surface area contributed by atoms with Gasteiger partial charge >= 0.3 is 0 Å². The molecular formula is C14H17ClN2O3. The van der Waals surface area contributed by atoms with Crippen LogP contribution in [0.3, 0.4) is 0 Å². The van der Waals surface area contributed by atoms with Crippen LogP contribution >= 0.6 is 11.6 Å². The third-order valence-corrected chi connectivity index (χ3v) is 4.08. The standard InChI is InChI=1S/C14H17ClN2O3/c1-10-6-12(8-13(7-10)17(19)20)14(18)16-4-2-11(9-15)3-5-16/h6-8,11H,2-5,9H2,1H3. The van der Waals surface area contributed by atoms with E-state index in [1.165, 1.54) is 12.1 Å². The molecule has 0 N–H and O–H groups in total. The van der Waals surface area contributed by atoms with Gasteiger partial charge in [-0.05, 0) is 37.3 Å². The zero-order chi connectivity index (χ0) is 14.7. The third-order valence-electron chi connectivity index (χ3n) is 3.64. The highest BCUT2D eigenvalue weighted by molar-refractivity contribution is 6.18. The largest absolute Gasteiger partial charge is 0.339 e. The summed E-state index contributed by atoms with van der Waals surface area (Å²) in [6.07, 6.45) is 1.78. The van der Waals surface area contributed by atoms with E-state index in [2.05, 4.69) is 0 Å². The second-order valence-electron chi connectivity index (χ2n) is 5.20. The van der Waals surface area contributed by atoms with E-state index in [9.17, 15) is 14.9 Å². The number of likely N-dealkylation sites (tertiary alicyclic amines) is 1. The number of alkyl halides is 1. The van der Waals surface area contributed by atoms with Gasteiger partial charge in [0.2, 0.25) is 0 Å². The van der Waals surface area contributed by atoms with Crippen molar-refractivity contribution in [3.05, 3.63) is 39.4 Å². The molecular weight excluding hydrogens is 280 g/mol. The van der Waals surface area contributed by atoms with Gasteiger partial charge in [-0.1, -0.05) is 0 Å². The van der Waals surface area contributed by atoms with Crippen LogP contribution in [0.4, 0.5) is 5.69 Å². The van der Waals surface area contributed by atoms with Crippen molar-refractivity contribution in [1.82, 2.24) is 4.90 Å². The highest BCUT2D eigenvalue weighted by atomic mass is 35.5. The molecule has 1 heterocycles. The monoisotopic (exact) mass is 296 g/mol. The lowest BCUT2D eigenvalue weighted by Crippen LogP contribution is -2.38. The fraction of sp³-hybridized carbons (Fsp3) is 0.500. The number of hydrogen-bond donors (Lipinski definition) is 0. The van der Waals surface area contributed by atoms with Gasteiger partial charge in [-0.25, -0.2) is 0 Å². The van der Waals surface area contributed by atoms with Crippen molar-refractivity contribution in [2.24, 2.45) is 5.92 Å². The number of amides is 1. The Kier molecular flexibility index (Phi) is 4.60. The summed E-state index contributed by atoms with van der Waals surface area (Å²) in [5.41, 5.74) is 1.07. The van der Waals surface area contributed by atoms with Gasteiger partial charge in [-0.2, -0.15) is 0 Å². The Labute approximate surface area is 122 Å². The van der Waals surface area contributed by atoms with Gasteiger partial charge in [0.15, 0.2) is 0 Å². The normalized spacial score (nSPS) is 16.2. The van der Waals surface area contributed by atoms with Crippen LogP contribution in [0.15, 0.2) is 18.2 Å². The van der Waals surface area contributed by atoms with E-state index in [0.717, 1.165) is 18.4 Å². The number of carbonyl (C=O) groups is 1. The fourth-order valence-corrected chi connectivity index (χ4v) is 2.77. The molecule has 0 saturated carbocycles. The van der Waals surface area contributed by atoms with Crippen molar-refractivity contribution in [3.8, 4) is 0 Å². The first-order chi connectivity index (χ1) is 9.51. The van der Waals surface area contributed by atoms with Crippen molar-refractivity contribution in [3.63, 3.8) is 0 Å². The highest BCUT2D eigenvalue weighted by Crippen LogP contribution is 2.22. The number of non-ortho nitro benzene ring substituents is 1. The molecule has 1 fully saturated rings. The number of nitro groups is 1. The molecule has 0 aliphatic carbocycles. The second kappa shape index (κ2) is 6.22. The maximum atomic E-state index is 12.4. The summed E-state index contributed by atoms with van der Waals surface area (Å²) in [5, 5.41) is 10.9. The van der Waals surface area contributed by atoms with Crippen LogP contribution in [0.25, 0.3) is 0 Å². The van der Waals surface area contributed by atoms with Crippen molar-refractivity contribution < 1.29 is 9.72 Å². The van der Waals surface area contributed by atoms with E-state index < -0.39 is 4.92 Å². The molecule has 6 heteroatoms. The average Bonchev–Trinajstić information content (AvgIpc) is 2.46. The molecule has 1 amide bonds. The molecule has 0 radical (unpaired) electrons. The quantitative estimate of drug-likeness (QED) is 0.489. The minimum absolute atomic E-state index is 0.0380. The third kappa shape index (κ3) is 3.28. The number of carbonyl (C=O) groups excluding carboxylic acids is 1. The molecule has 1 aliphatic rings. The van der Waals surface area contributed by atoms with E-state index in [4.69, 9.17) is 11.6 Å². The maximum absolute atomic E-state index is 12.4. The van der Waals surface area contributed by atoms with Crippen molar-refractivity contribution >= 4 is 23.2 Å². The first-order valence-electron chi connectivity index (χ1n) is 6.62.